The van der Waals surface area contributed by atoms with Gasteiger partial charge in [-0.15, -0.1) is 0 Å². The summed E-state index contributed by atoms with van der Waals surface area (Å²) in [5.74, 6) is 0. The minimum atomic E-state index is -1.96. The second-order valence-electron chi connectivity index (χ2n) is 3.11. The van der Waals surface area contributed by atoms with E-state index in [9.17, 15) is 0 Å². The minimum absolute atomic E-state index is 0.735. The molecule has 4 heteroatoms. The van der Waals surface area contributed by atoms with E-state index in [1.165, 1.54) is 25.7 Å². The lowest BCUT2D eigenvalue weighted by molar-refractivity contribution is 0.233. The van der Waals surface area contributed by atoms with Gasteiger partial charge in [-0.25, -0.2) is 0 Å². The molecule has 0 bridgehead atoms. The van der Waals surface area contributed by atoms with Crippen LogP contribution in [0.1, 0.15) is 39.5 Å². The Morgan fingerprint density at radius 1 is 1.15 bits per heavy atom. The average molecular weight is 269 g/mol. The third-order valence-electron chi connectivity index (χ3n) is 1.99. The molecule has 0 radical (unpaired) electrons. The van der Waals surface area contributed by atoms with Gasteiger partial charge in [-0.05, 0) is 6.92 Å². The van der Waals surface area contributed by atoms with Crippen LogP contribution in [0.4, 0.5) is 0 Å². The summed E-state index contributed by atoms with van der Waals surface area (Å²) in [7, 11) is -0.228. The largest absolute Gasteiger partial charge is 0.413 e. The highest BCUT2D eigenvalue weighted by Gasteiger charge is 2.32. The van der Waals surface area contributed by atoms with Gasteiger partial charge in [-0.3, -0.25) is 0 Å². The highest BCUT2D eigenvalue weighted by Crippen LogP contribution is 2.23. The summed E-state index contributed by atoms with van der Waals surface area (Å²) >= 11 is 3.59. The van der Waals surface area contributed by atoms with E-state index in [1.54, 1.807) is 7.11 Å². The van der Waals surface area contributed by atoms with Gasteiger partial charge in [0, 0.05) is 19.8 Å². The second-order valence-corrected chi connectivity index (χ2v) is 9.25. The van der Waals surface area contributed by atoms with E-state index in [0.29, 0.717) is 0 Å². The van der Waals surface area contributed by atoms with Crippen LogP contribution in [0, 0.1) is 0 Å². The van der Waals surface area contributed by atoms with Crippen LogP contribution in [0.15, 0.2) is 0 Å². The molecule has 0 heterocycles. The molecule has 0 aromatic heterocycles. The predicted molar refractivity (Wildman–Crippen MR) is 62.3 cm³/mol. The fourth-order valence-corrected chi connectivity index (χ4v) is 4.31. The molecule has 80 valence electrons. The van der Waals surface area contributed by atoms with Crippen molar-refractivity contribution in [1.82, 2.24) is 0 Å². The van der Waals surface area contributed by atoms with Crippen molar-refractivity contribution in [3.8, 4) is 0 Å². The first-order valence-corrected chi connectivity index (χ1v) is 9.34. The van der Waals surface area contributed by atoms with E-state index < -0.39 is 7.18 Å². The summed E-state index contributed by atoms with van der Waals surface area (Å²) in [6.07, 6.45) is 5.08. The van der Waals surface area contributed by atoms with Gasteiger partial charge in [0.25, 0.3) is 0 Å². The molecule has 0 aliphatic rings. The van der Waals surface area contributed by atoms with Gasteiger partial charge >= 0.3 is 7.18 Å². The van der Waals surface area contributed by atoms with Gasteiger partial charge in [0.1, 0.15) is 0 Å². The van der Waals surface area contributed by atoms with Crippen molar-refractivity contribution in [1.29, 1.82) is 0 Å². The van der Waals surface area contributed by atoms with Gasteiger partial charge < -0.3 is 8.85 Å². The Morgan fingerprint density at radius 3 is 2.31 bits per heavy atom. The maximum absolute atomic E-state index is 5.59. The summed E-state index contributed by atoms with van der Waals surface area (Å²) in [6.45, 7) is 4.96. The molecule has 0 saturated carbocycles. The summed E-state index contributed by atoms with van der Waals surface area (Å²) < 4.78 is 11.0. The average Bonchev–Trinajstić information content (AvgIpc) is 2.13. The Hall–Kier alpha value is 0.617. The molecular weight excluding hydrogens is 248 g/mol. The standard InChI is InChI=1S/C9H21BrO2Si/c1-4-6-7-8-9-13(10,11-3)12-5-2/h4-9H2,1-3H3. The van der Waals surface area contributed by atoms with Crippen molar-refractivity contribution in [2.75, 3.05) is 13.7 Å². The lowest BCUT2D eigenvalue weighted by atomic mass is 10.2. The van der Waals surface area contributed by atoms with Crippen LogP contribution in [-0.4, -0.2) is 20.9 Å². The van der Waals surface area contributed by atoms with E-state index in [2.05, 4.69) is 22.2 Å². The summed E-state index contributed by atoms with van der Waals surface area (Å²) in [5, 5.41) is 0. The predicted octanol–water partition coefficient (Wildman–Crippen LogP) is 3.58. The third kappa shape index (κ3) is 6.66. The first-order chi connectivity index (χ1) is 6.18. The van der Waals surface area contributed by atoms with Crippen LogP contribution in [-0.2, 0) is 8.85 Å². The van der Waals surface area contributed by atoms with Gasteiger partial charge in [-0.1, -0.05) is 47.9 Å². The van der Waals surface area contributed by atoms with Crippen LogP contribution in [0.5, 0.6) is 0 Å². The Kier molecular flexibility index (Phi) is 8.35. The molecule has 2 nitrogen and oxygen atoms in total. The lowest BCUT2D eigenvalue weighted by Gasteiger charge is -2.21. The quantitative estimate of drug-likeness (QED) is 0.381. The van der Waals surface area contributed by atoms with Crippen molar-refractivity contribution in [3.05, 3.63) is 0 Å². The molecule has 1 unspecified atom stereocenters. The molecule has 0 fully saturated rings. The van der Waals surface area contributed by atoms with E-state index in [1.807, 2.05) is 6.92 Å². The molecule has 1 atom stereocenters. The van der Waals surface area contributed by atoms with Crippen molar-refractivity contribution in [2.45, 2.75) is 45.6 Å². The normalized spacial score (nSPS) is 15.7. The maximum Gasteiger partial charge on any atom is 0.413 e. The van der Waals surface area contributed by atoms with Crippen LogP contribution < -0.4 is 0 Å². The van der Waals surface area contributed by atoms with Crippen molar-refractivity contribution in [3.63, 3.8) is 0 Å². The molecule has 0 aliphatic carbocycles. The molecule has 0 N–H and O–H groups in total. The Balaban J connectivity index is 3.57. The third-order valence-corrected chi connectivity index (χ3v) is 7.12. The summed E-state index contributed by atoms with van der Waals surface area (Å²) in [5.41, 5.74) is 0. The monoisotopic (exact) mass is 268 g/mol. The van der Waals surface area contributed by atoms with Gasteiger partial charge in [0.2, 0.25) is 0 Å². The first-order valence-electron chi connectivity index (χ1n) is 5.06. The zero-order chi connectivity index (χ0) is 10.2. The molecule has 0 saturated heterocycles. The van der Waals surface area contributed by atoms with Crippen molar-refractivity contribution >= 4 is 22.5 Å². The molecule has 0 aromatic rings. The zero-order valence-electron chi connectivity index (χ0n) is 8.94. The van der Waals surface area contributed by atoms with E-state index >= 15 is 0 Å². The van der Waals surface area contributed by atoms with Gasteiger partial charge in [0.05, 0.1) is 0 Å². The fourth-order valence-electron chi connectivity index (χ4n) is 1.21. The molecular formula is C9H21BrO2Si. The Bertz CT molecular complexity index is 124. The maximum atomic E-state index is 5.59. The molecule has 0 spiro atoms. The Morgan fingerprint density at radius 2 is 1.85 bits per heavy atom. The fraction of sp³-hybridized carbons (Fsp3) is 1.00. The van der Waals surface area contributed by atoms with Gasteiger partial charge in [0.15, 0.2) is 0 Å². The molecule has 0 aliphatic heterocycles. The molecule has 0 aromatic carbocycles. The number of halogens is 1. The molecule has 0 rings (SSSR count). The molecule has 0 amide bonds. The van der Waals surface area contributed by atoms with E-state index in [4.69, 9.17) is 8.85 Å². The van der Waals surface area contributed by atoms with Crippen LogP contribution >= 0.6 is 15.3 Å². The smallest absolute Gasteiger partial charge is 0.390 e. The number of hydrogen-bond donors (Lipinski definition) is 0. The van der Waals surface area contributed by atoms with E-state index in [0.717, 1.165) is 12.7 Å². The molecule has 13 heavy (non-hydrogen) atoms. The summed E-state index contributed by atoms with van der Waals surface area (Å²) in [6, 6.07) is 1.05. The topological polar surface area (TPSA) is 18.5 Å². The minimum Gasteiger partial charge on any atom is -0.390 e. The number of hydrogen-bond acceptors (Lipinski definition) is 2. The number of unbranched alkanes of at least 4 members (excludes halogenated alkanes) is 3. The zero-order valence-corrected chi connectivity index (χ0v) is 11.5. The number of rotatable bonds is 8. The summed E-state index contributed by atoms with van der Waals surface area (Å²) in [4.78, 5) is 0. The second kappa shape index (κ2) is 7.97. The highest BCUT2D eigenvalue weighted by molar-refractivity contribution is 9.25. The Labute approximate surface area is 90.8 Å². The lowest BCUT2D eigenvalue weighted by Crippen LogP contribution is -2.33. The van der Waals surface area contributed by atoms with E-state index in [-0.39, 0.29) is 0 Å². The first kappa shape index (κ1) is 13.6. The van der Waals surface area contributed by atoms with Crippen LogP contribution in [0.2, 0.25) is 6.04 Å². The van der Waals surface area contributed by atoms with Crippen molar-refractivity contribution < 1.29 is 8.85 Å². The van der Waals surface area contributed by atoms with Crippen LogP contribution in [0.3, 0.4) is 0 Å². The van der Waals surface area contributed by atoms with Crippen LogP contribution in [0.25, 0.3) is 0 Å². The SMILES string of the molecule is CCCCCC[Si](Br)(OC)OCC. The van der Waals surface area contributed by atoms with Gasteiger partial charge in [-0.2, -0.15) is 0 Å². The van der Waals surface area contributed by atoms with Crippen molar-refractivity contribution in [2.24, 2.45) is 0 Å². The highest BCUT2D eigenvalue weighted by atomic mass is 79.9.